The molecule has 2 nitrogen and oxygen atoms in total. The lowest BCUT2D eigenvalue weighted by atomic mass is 10.0. The highest BCUT2D eigenvalue weighted by Gasteiger charge is 2.20. The molecule has 1 N–H and O–H groups in total. The summed E-state index contributed by atoms with van der Waals surface area (Å²) in [6.45, 7) is 4.78. The molecule has 0 aromatic heterocycles. The molecule has 0 aliphatic heterocycles. The standard InChI is InChI=1S/C19H25NO/c1-2-20-19(14-21-12-11-15-7-8-15)18-10-9-16-5-3-4-6-17(16)13-18/h3-6,9-10,13,15,19-20H,2,7-8,11-12,14H2,1H3. The first-order valence-corrected chi connectivity index (χ1v) is 8.16. The topological polar surface area (TPSA) is 21.3 Å². The number of ether oxygens (including phenoxy) is 1. The van der Waals surface area contributed by atoms with Gasteiger partial charge in [0.25, 0.3) is 0 Å². The maximum absolute atomic E-state index is 5.90. The number of hydrogen-bond donors (Lipinski definition) is 1. The lowest BCUT2D eigenvalue weighted by Crippen LogP contribution is -2.25. The van der Waals surface area contributed by atoms with Crippen molar-refractivity contribution in [3.63, 3.8) is 0 Å². The van der Waals surface area contributed by atoms with Gasteiger partial charge in [-0.25, -0.2) is 0 Å². The fraction of sp³-hybridized carbons (Fsp3) is 0.474. The maximum atomic E-state index is 5.90. The van der Waals surface area contributed by atoms with Gasteiger partial charge < -0.3 is 10.1 Å². The fourth-order valence-corrected chi connectivity index (χ4v) is 2.80. The SMILES string of the molecule is CCNC(COCCC1CC1)c1ccc2ccccc2c1. The van der Waals surface area contributed by atoms with Crippen LogP contribution in [0, 0.1) is 5.92 Å². The van der Waals surface area contributed by atoms with Crippen molar-refractivity contribution in [1.29, 1.82) is 0 Å². The molecule has 2 aromatic rings. The molecule has 0 saturated heterocycles. The predicted octanol–water partition coefficient (Wildman–Crippen LogP) is 4.31. The molecule has 1 unspecified atom stereocenters. The zero-order valence-corrected chi connectivity index (χ0v) is 12.8. The van der Waals surface area contributed by atoms with E-state index in [0.29, 0.717) is 6.04 Å². The molecular weight excluding hydrogens is 258 g/mol. The van der Waals surface area contributed by atoms with E-state index in [1.165, 1.54) is 35.6 Å². The van der Waals surface area contributed by atoms with Crippen molar-refractivity contribution in [3.8, 4) is 0 Å². The third kappa shape index (κ3) is 4.05. The smallest absolute Gasteiger partial charge is 0.0661 e. The van der Waals surface area contributed by atoms with Crippen LogP contribution >= 0.6 is 0 Å². The summed E-state index contributed by atoms with van der Waals surface area (Å²) >= 11 is 0. The van der Waals surface area contributed by atoms with Crippen molar-refractivity contribution in [2.75, 3.05) is 19.8 Å². The molecular formula is C19H25NO. The minimum absolute atomic E-state index is 0.291. The van der Waals surface area contributed by atoms with Gasteiger partial charge in [0.05, 0.1) is 12.6 Å². The average Bonchev–Trinajstić information content (AvgIpc) is 3.34. The lowest BCUT2D eigenvalue weighted by Gasteiger charge is -2.19. The second-order valence-corrected chi connectivity index (χ2v) is 6.02. The molecule has 0 heterocycles. The molecule has 21 heavy (non-hydrogen) atoms. The van der Waals surface area contributed by atoms with Crippen molar-refractivity contribution in [2.45, 2.75) is 32.2 Å². The summed E-state index contributed by atoms with van der Waals surface area (Å²) in [5.41, 5.74) is 1.32. The molecule has 1 saturated carbocycles. The zero-order chi connectivity index (χ0) is 14.5. The van der Waals surface area contributed by atoms with Crippen molar-refractivity contribution in [1.82, 2.24) is 5.32 Å². The van der Waals surface area contributed by atoms with E-state index in [1.54, 1.807) is 0 Å². The third-order valence-electron chi connectivity index (χ3n) is 4.28. The Labute approximate surface area is 127 Å². The summed E-state index contributed by atoms with van der Waals surface area (Å²) in [4.78, 5) is 0. The van der Waals surface area contributed by atoms with Crippen molar-refractivity contribution < 1.29 is 4.74 Å². The molecule has 1 atom stereocenters. The highest BCUT2D eigenvalue weighted by molar-refractivity contribution is 5.83. The van der Waals surface area contributed by atoms with Gasteiger partial charge in [-0.1, -0.05) is 56.2 Å². The zero-order valence-electron chi connectivity index (χ0n) is 12.8. The van der Waals surface area contributed by atoms with Gasteiger partial charge in [0.15, 0.2) is 0 Å². The Hall–Kier alpha value is -1.38. The molecule has 2 aromatic carbocycles. The molecule has 3 rings (SSSR count). The van der Waals surface area contributed by atoms with Crippen LogP contribution < -0.4 is 5.32 Å². The van der Waals surface area contributed by atoms with Gasteiger partial charge in [-0.3, -0.25) is 0 Å². The number of hydrogen-bond acceptors (Lipinski definition) is 2. The van der Waals surface area contributed by atoms with E-state index in [0.717, 1.165) is 25.7 Å². The van der Waals surface area contributed by atoms with Crippen LogP contribution in [-0.4, -0.2) is 19.8 Å². The molecule has 1 aliphatic rings. The molecule has 0 spiro atoms. The Kier molecular flexibility index (Phi) is 4.89. The largest absolute Gasteiger partial charge is 0.379 e. The van der Waals surface area contributed by atoms with Crippen molar-refractivity contribution in [2.24, 2.45) is 5.92 Å². The number of likely N-dealkylation sites (N-methyl/N-ethyl adjacent to an activating group) is 1. The molecule has 2 heteroatoms. The first kappa shape index (κ1) is 14.6. The maximum Gasteiger partial charge on any atom is 0.0661 e. The van der Waals surface area contributed by atoms with Gasteiger partial charge in [0.1, 0.15) is 0 Å². The summed E-state index contributed by atoms with van der Waals surface area (Å²) < 4.78 is 5.90. The van der Waals surface area contributed by atoms with E-state index in [9.17, 15) is 0 Å². The molecule has 1 aliphatic carbocycles. The van der Waals surface area contributed by atoms with E-state index < -0.39 is 0 Å². The number of rotatable bonds is 8. The number of benzene rings is 2. The monoisotopic (exact) mass is 283 g/mol. The summed E-state index contributed by atoms with van der Waals surface area (Å²) in [6.07, 6.45) is 4.05. The Balaban J connectivity index is 1.64. The van der Waals surface area contributed by atoms with Gasteiger partial charge in [-0.15, -0.1) is 0 Å². The van der Waals surface area contributed by atoms with Crippen LogP contribution in [0.1, 0.15) is 37.8 Å². The molecule has 112 valence electrons. The van der Waals surface area contributed by atoms with Crippen LogP contribution in [0.2, 0.25) is 0 Å². The van der Waals surface area contributed by atoms with E-state index >= 15 is 0 Å². The third-order valence-corrected chi connectivity index (χ3v) is 4.28. The van der Waals surface area contributed by atoms with E-state index in [4.69, 9.17) is 4.74 Å². The fourth-order valence-electron chi connectivity index (χ4n) is 2.80. The van der Waals surface area contributed by atoms with Crippen LogP contribution in [0.25, 0.3) is 10.8 Å². The highest BCUT2D eigenvalue weighted by atomic mass is 16.5. The minimum atomic E-state index is 0.291. The normalized spacial score (nSPS) is 16.2. The van der Waals surface area contributed by atoms with Crippen LogP contribution in [-0.2, 0) is 4.74 Å². The predicted molar refractivity (Wildman–Crippen MR) is 88.5 cm³/mol. The van der Waals surface area contributed by atoms with Gasteiger partial charge in [-0.2, -0.15) is 0 Å². The highest BCUT2D eigenvalue weighted by Crippen LogP contribution is 2.32. The number of fused-ring (bicyclic) bond motifs is 1. The van der Waals surface area contributed by atoms with Crippen LogP contribution in [0.5, 0.6) is 0 Å². The van der Waals surface area contributed by atoms with E-state index in [-0.39, 0.29) is 0 Å². The van der Waals surface area contributed by atoms with Crippen molar-refractivity contribution in [3.05, 3.63) is 48.0 Å². The summed E-state index contributed by atoms with van der Waals surface area (Å²) in [6, 6.07) is 15.5. The molecule has 0 amide bonds. The Morgan fingerprint density at radius 1 is 1.14 bits per heavy atom. The van der Waals surface area contributed by atoms with Gasteiger partial charge in [-0.05, 0) is 41.3 Å². The molecule has 0 radical (unpaired) electrons. The Morgan fingerprint density at radius 2 is 1.95 bits per heavy atom. The average molecular weight is 283 g/mol. The van der Waals surface area contributed by atoms with Gasteiger partial charge in [0.2, 0.25) is 0 Å². The first-order chi connectivity index (χ1) is 10.4. The van der Waals surface area contributed by atoms with E-state index in [2.05, 4.69) is 54.7 Å². The second-order valence-electron chi connectivity index (χ2n) is 6.02. The van der Waals surface area contributed by atoms with Crippen LogP contribution in [0.3, 0.4) is 0 Å². The molecule has 1 fully saturated rings. The first-order valence-electron chi connectivity index (χ1n) is 8.16. The van der Waals surface area contributed by atoms with E-state index in [1.807, 2.05) is 0 Å². The van der Waals surface area contributed by atoms with Crippen molar-refractivity contribution >= 4 is 10.8 Å². The summed E-state index contributed by atoms with van der Waals surface area (Å²) in [7, 11) is 0. The second kappa shape index (κ2) is 7.06. The lowest BCUT2D eigenvalue weighted by molar-refractivity contribution is 0.107. The quantitative estimate of drug-likeness (QED) is 0.729. The van der Waals surface area contributed by atoms with Gasteiger partial charge >= 0.3 is 0 Å². The Bertz CT molecular complexity index is 577. The summed E-state index contributed by atoms with van der Waals surface area (Å²) in [5, 5.41) is 6.14. The van der Waals surface area contributed by atoms with Crippen LogP contribution in [0.15, 0.2) is 42.5 Å². The minimum Gasteiger partial charge on any atom is -0.379 e. The van der Waals surface area contributed by atoms with Crippen LogP contribution in [0.4, 0.5) is 0 Å². The number of nitrogens with one attached hydrogen (secondary N) is 1. The Morgan fingerprint density at radius 3 is 2.71 bits per heavy atom. The summed E-state index contributed by atoms with van der Waals surface area (Å²) in [5.74, 6) is 0.947. The van der Waals surface area contributed by atoms with Gasteiger partial charge in [0, 0.05) is 6.61 Å². The molecule has 0 bridgehead atoms.